The summed E-state index contributed by atoms with van der Waals surface area (Å²) in [7, 11) is 8.96. The predicted octanol–water partition coefficient (Wildman–Crippen LogP) is 7.13. The molecule has 3 N–H and O–H groups in total. The lowest BCUT2D eigenvalue weighted by molar-refractivity contribution is -0.219. The lowest BCUT2D eigenvalue weighted by Gasteiger charge is -2.50. The van der Waals surface area contributed by atoms with Gasteiger partial charge >= 0.3 is 12.4 Å². The minimum absolute atomic E-state index is 0.0123. The number of likely N-dealkylation sites (N-methyl/N-ethyl adjacent to an activating group) is 7. The number of alkyl halides is 10. The number of fused-ring (bicyclic) bond motifs is 3. The summed E-state index contributed by atoms with van der Waals surface area (Å²) < 4.78 is 153. The van der Waals surface area contributed by atoms with E-state index < -0.39 is 262 Å². The zero-order valence-corrected chi connectivity index (χ0v) is 66.1. The quantitative estimate of drug-likeness (QED) is 0.109. The van der Waals surface area contributed by atoms with E-state index in [4.69, 9.17) is 4.74 Å². The third-order valence-electron chi connectivity index (χ3n) is 24.2. The smallest absolute Gasteiger partial charge is 0.377 e. The van der Waals surface area contributed by atoms with Crippen molar-refractivity contribution in [2.45, 2.75) is 273 Å². The molecule has 4 saturated carbocycles. The highest BCUT2D eigenvalue weighted by Gasteiger charge is 2.65. The maximum Gasteiger partial charge on any atom is 0.397 e. The first-order chi connectivity index (χ1) is 52.0. The normalized spacial score (nSPS) is 31.9. The molecule has 1 spiro atoms. The molecule has 0 aromatic carbocycles. The number of nitrogens with one attached hydrogen (secondary N) is 3. The maximum atomic E-state index is 15.8. The summed E-state index contributed by atoms with van der Waals surface area (Å²) in [5.41, 5.74) is -2.51. The van der Waals surface area contributed by atoms with Gasteiger partial charge in [0.2, 0.25) is 70.9 Å². The Morgan fingerprint density at radius 1 is 0.640 bits per heavy atom. The van der Waals surface area contributed by atoms with Crippen LogP contribution in [0.1, 0.15) is 182 Å². The van der Waals surface area contributed by atoms with E-state index in [1.165, 1.54) is 52.1 Å². The van der Waals surface area contributed by atoms with Gasteiger partial charge in [-0.15, -0.1) is 0 Å². The average molecular weight is 1600 g/mol. The van der Waals surface area contributed by atoms with Crippen LogP contribution < -0.4 is 16.0 Å². The van der Waals surface area contributed by atoms with Crippen LogP contribution in [0.2, 0.25) is 0 Å². The van der Waals surface area contributed by atoms with Crippen LogP contribution in [-0.4, -0.2) is 294 Å². The summed E-state index contributed by atoms with van der Waals surface area (Å²) in [6.07, 6.45) is -17.5. The first-order valence-electron chi connectivity index (χ1n) is 39.3. The number of rotatable bonds is 15. The van der Waals surface area contributed by atoms with Crippen LogP contribution in [0.5, 0.6) is 0 Å². The van der Waals surface area contributed by atoms with Gasteiger partial charge in [0.05, 0.1) is 31.5 Å². The molecule has 6 fully saturated rings. The molecular weight excluding hydrogens is 1480 g/mol. The summed E-state index contributed by atoms with van der Waals surface area (Å²) in [5, 5.41) is 7.86. The molecule has 2 bridgehead atoms. The SMILES string of the molecule is CCC[C@H]1C(=O)N[C@@H]([C@@H](C)CC)C(=O)N(C)CC(=O)N(C)[C@H]2C/C=C\CCN(C2=O)[C@@H](CC2CCC(C(F)(F)F)CC2)C(=O)N(C)CC(=O)N[C@@H](CCC2CC(F)C(C(F)(F)F)C(F)C2)C(=O)N2C[C@H](OCC)C[C@H]2C(=O)NC2(CC(F)(F)C2)C(=O)N(C)[C@@H](C2CCCC2)C(=O)N(C)[C@H](C(=O)N(C)CCC)CC(=O)N1C. The largest absolute Gasteiger partial charge is 0.397 e. The van der Waals surface area contributed by atoms with Gasteiger partial charge in [-0.2, -0.15) is 26.3 Å². The zero-order chi connectivity index (χ0) is 82.7. The predicted molar refractivity (Wildman–Crippen MR) is 386 cm³/mol. The number of nitrogens with zero attached hydrogens (tertiary/aromatic N) is 9. The third-order valence-corrected chi connectivity index (χ3v) is 24.2. The molecule has 7 rings (SSSR count). The minimum Gasteiger partial charge on any atom is -0.377 e. The van der Waals surface area contributed by atoms with Gasteiger partial charge in [0.25, 0.3) is 5.92 Å². The van der Waals surface area contributed by atoms with Crippen molar-refractivity contribution in [3.63, 3.8) is 0 Å². The maximum absolute atomic E-state index is 15.8. The number of carbonyl (C=O) groups is 12. The number of hydrogen-bond acceptors (Lipinski definition) is 13. The molecule has 3 aliphatic heterocycles. The van der Waals surface area contributed by atoms with Crippen molar-refractivity contribution in [2.75, 3.05) is 88.7 Å². The van der Waals surface area contributed by atoms with E-state index >= 15 is 46.3 Å². The minimum atomic E-state index is -5.26. The van der Waals surface area contributed by atoms with E-state index in [0.717, 1.165) is 41.3 Å². The fourth-order valence-electron chi connectivity index (χ4n) is 17.5. The molecule has 628 valence electrons. The molecule has 35 heteroatoms. The Bertz CT molecular complexity index is 3320. The second kappa shape index (κ2) is 38.6. The van der Waals surface area contributed by atoms with E-state index in [9.17, 15) is 55.1 Å². The van der Waals surface area contributed by atoms with Gasteiger partial charge in [0.1, 0.15) is 72.1 Å². The Labute approximate surface area is 644 Å². The van der Waals surface area contributed by atoms with E-state index in [1.807, 2.05) is 0 Å². The highest BCUT2D eigenvalue weighted by Crippen LogP contribution is 2.49. The van der Waals surface area contributed by atoms with Crippen molar-refractivity contribution in [1.82, 2.24) is 60.0 Å². The van der Waals surface area contributed by atoms with Crippen molar-refractivity contribution >= 4 is 70.9 Å². The van der Waals surface area contributed by atoms with Gasteiger partial charge in [-0.1, -0.05) is 65.5 Å². The van der Waals surface area contributed by atoms with Crippen molar-refractivity contribution in [2.24, 2.45) is 35.5 Å². The topological polar surface area (TPSA) is 279 Å². The van der Waals surface area contributed by atoms with Crippen LogP contribution in [0.3, 0.4) is 0 Å². The molecule has 25 nitrogen and oxygen atoms in total. The highest BCUT2D eigenvalue weighted by atomic mass is 19.4. The lowest BCUT2D eigenvalue weighted by atomic mass is 9.71. The molecule has 12 amide bonds. The summed E-state index contributed by atoms with van der Waals surface area (Å²) in [6, 6.07) is -12.3. The van der Waals surface area contributed by atoms with Crippen molar-refractivity contribution in [1.29, 1.82) is 0 Å². The van der Waals surface area contributed by atoms with Gasteiger partial charge in [-0.3, -0.25) is 57.5 Å². The molecule has 12 atom stereocenters. The molecule has 111 heavy (non-hydrogen) atoms. The van der Waals surface area contributed by atoms with Crippen LogP contribution >= 0.6 is 0 Å². The van der Waals surface area contributed by atoms with Gasteiger partial charge in [0, 0.05) is 94.8 Å². The van der Waals surface area contributed by atoms with Crippen molar-refractivity contribution < 1.29 is 106 Å². The van der Waals surface area contributed by atoms with Crippen LogP contribution in [0.25, 0.3) is 0 Å². The average Bonchev–Trinajstić information content (AvgIpc) is 1.49. The van der Waals surface area contributed by atoms with E-state index in [1.54, 1.807) is 46.8 Å². The Kier molecular flexibility index (Phi) is 31.6. The van der Waals surface area contributed by atoms with Crippen molar-refractivity contribution in [3.8, 4) is 0 Å². The number of ether oxygens (including phenoxy) is 1. The van der Waals surface area contributed by atoms with E-state index in [0.29, 0.717) is 44.9 Å². The fourth-order valence-corrected chi connectivity index (χ4v) is 17.5. The fraction of sp³-hybridized carbons (Fsp3) is 0.816. The number of amides is 12. The van der Waals surface area contributed by atoms with Crippen LogP contribution in [0.4, 0.5) is 43.9 Å². The van der Waals surface area contributed by atoms with Crippen LogP contribution in [0, 0.1) is 35.5 Å². The molecule has 2 unspecified atom stereocenters. The molecule has 2 saturated heterocycles. The van der Waals surface area contributed by atoms with E-state index in [-0.39, 0.29) is 77.5 Å². The third kappa shape index (κ3) is 22.2. The second-order valence-corrected chi connectivity index (χ2v) is 32.2. The van der Waals surface area contributed by atoms with Crippen molar-refractivity contribution in [3.05, 3.63) is 12.2 Å². The molecule has 4 aliphatic carbocycles. The first-order valence-corrected chi connectivity index (χ1v) is 39.3. The molecular formula is C76H116F10N12O13. The Morgan fingerprint density at radius 3 is 1.83 bits per heavy atom. The van der Waals surface area contributed by atoms with Crippen LogP contribution in [0.15, 0.2) is 12.2 Å². The Morgan fingerprint density at radius 2 is 1.26 bits per heavy atom. The number of carbonyl (C=O) groups excluding carboxylic acids is 12. The first kappa shape index (κ1) is 90.8. The molecule has 0 aromatic heterocycles. The second-order valence-electron chi connectivity index (χ2n) is 32.2. The van der Waals surface area contributed by atoms with Gasteiger partial charge in [-0.05, 0) is 127 Å². The summed E-state index contributed by atoms with van der Waals surface area (Å²) in [6.45, 7) is 6.37. The molecule has 3 heterocycles. The van der Waals surface area contributed by atoms with Gasteiger partial charge < -0.3 is 64.8 Å². The van der Waals surface area contributed by atoms with Gasteiger partial charge in [0.15, 0.2) is 0 Å². The molecule has 0 radical (unpaired) electrons. The van der Waals surface area contributed by atoms with Gasteiger partial charge in [-0.25, -0.2) is 17.6 Å². The molecule has 0 aromatic rings. The van der Waals surface area contributed by atoms with E-state index in [2.05, 4.69) is 16.0 Å². The zero-order valence-electron chi connectivity index (χ0n) is 66.1. The summed E-state index contributed by atoms with van der Waals surface area (Å²) in [5.74, 6) is -22.4. The standard InChI is InChI=1S/C76H116F10N12O13/c1-13-22-53-64(102)88-62(44(5)15-3)70(108)92(8)41-60(101)94(10)54-25-18-17-21-33-97(69(54)107)57(36-45-26-29-48(30-27-45)75(81,82)83)68(106)91(7)40-58(99)87-52(31-28-46-34-50(77)61(51(78)35-46)76(84,85)86)66(104)98-39-49(111-16-4)37-55(98)65(103)89-73(42-74(79,80)43-73)72(110)96(12)63(47-23-19-20-24-47)71(109)95(11)56(38-59(100)93(53)9)67(105)90(6)32-14-2/h17-18,44-57,61-63H,13-16,19-43H2,1-12H3,(H,87,99)(H,88,102)(H,89,103)/b18-17-/t44-,45?,46?,48?,49+,50?,51?,52-,53-,54-,55-,56-,57-,61?,62-,63-/m0/s1. The lowest BCUT2D eigenvalue weighted by Crippen LogP contribution is -2.72. The Balaban J connectivity index is 1.35. The summed E-state index contributed by atoms with van der Waals surface area (Å²) >= 11 is 0. The highest BCUT2D eigenvalue weighted by molar-refractivity contribution is 6.01. The Hall–Kier alpha value is -7.36. The molecule has 7 aliphatic rings. The van der Waals surface area contributed by atoms with Crippen LogP contribution in [-0.2, 0) is 62.3 Å². The monoisotopic (exact) mass is 1590 g/mol. The number of halogens is 10. The summed E-state index contributed by atoms with van der Waals surface area (Å²) in [4.78, 5) is 191. The number of hydrogen-bond donors (Lipinski definition) is 3.